The lowest BCUT2D eigenvalue weighted by molar-refractivity contribution is 0.0340. The van der Waals surface area contributed by atoms with E-state index < -0.39 is 0 Å². The summed E-state index contributed by atoms with van der Waals surface area (Å²) in [6.07, 6.45) is 4.11. The molecule has 7 heteroatoms. The highest BCUT2D eigenvalue weighted by Gasteiger charge is 2.24. The van der Waals surface area contributed by atoms with E-state index in [0.717, 1.165) is 38.8 Å². The van der Waals surface area contributed by atoms with Crippen LogP contribution in [0.5, 0.6) is 0 Å². The lowest BCUT2D eigenvalue weighted by Crippen LogP contribution is -2.41. The topological polar surface area (TPSA) is 93.3 Å². The predicted octanol–water partition coefficient (Wildman–Crippen LogP) is 0.0661. The number of nitrogens with one attached hydrogen (secondary N) is 1. The van der Waals surface area contributed by atoms with Gasteiger partial charge in [0.25, 0.3) is 5.56 Å². The van der Waals surface area contributed by atoms with Crippen molar-refractivity contribution in [3.63, 3.8) is 0 Å². The molecule has 1 saturated heterocycles. The number of aromatic amines is 1. The van der Waals surface area contributed by atoms with Crippen molar-refractivity contribution in [2.24, 2.45) is 0 Å². The normalized spacial score (nSPS) is 21.0. The maximum absolute atomic E-state index is 12.1. The number of H-pyrrole nitrogens is 1. The molecular weight excluding hydrogens is 272 g/mol. The van der Waals surface area contributed by atoms with Crippen LogP contribution in [0, 0.1) is 0 Å². The highest BCUT2D eigenvalue weighted by atomic mass is 16.5. The minimum atomic E-state index is -0.380. The highest BCUT2D eigenvalue weighted by Crippen LogP contribution is 2.30. The Morgan fingerprint density at radius 2 is 1.86 bits per heavy atom. The van der Waals surface area contributed by atoms with Crippen molar-refractivity contribution in [1.82, 2.24) is 14.5 Å². The van der Waals surface area contributed by atoms with Crippen molar-refractivity contribution in [3.05, 3.63) is 26.4 Å². The molecule has 0 amide bonds. The number of hydrogen-bond donors (Lipinski definition) is 2. The molecule has 1 aliphatic heterocycles. The lowest BCUT2D eigenvalue weighted by Gasteiger charge is -2.27. The van der Waals surface area contributed by atoms with Crippen LogP contribution >= 0.6 is 0 Å². The lowest BCUT2D eigenvalue weighted by atomic mass is 10.2. The van der Waals surface area contributed by atoms with Gasteiger partial charge in [0.15, 0.2) is 0 Å². The van der Waals surface area contributed by atoms with Crippen LogP contribution in [0.1, 0.15) is 37.3 Å². The largest absolute Gasteiger partial charge is 0.385 e. The average molecular weight is 294 g/mol. The molecule has 0 bridgehead atoms. The number of aromatic nitrogens is 2. The Morgan fingerprint density at radius 3 is 2.52 bits per heavy atom. The van der Waals surface area contributed by atoms with Gasteiger partial charge >= 0.3 is 5.69 Å². The molecule has 7 nitrogen and oxygen atoms in total. The van der Waals surface area contributed by atoms with E-state index in [1.807, 2.05) is 0 Å². The molecular formula is C14H22N4O3. The number of nitrogens with two attached hydrogens (primary N) is 1. The van der Waals surface area contributed by atoms with E-state index in [0.29, 0.717) is 31.1 Å². The van der Waals surface area contributed by atoms with Crippen molar-refractivity contribution in [1.29, 1.82) is 0 Å². The minimum absolute atomic E-state index is 0.123. The summed E-state index contributed by atoms with van der Waals surface area (Å²) < 4.78 is 6.90. The van der Waals surface area contributed by atoms with E-state index in [4.69, 9.17) is 10.5 Å². The van der Waals surface area contributed by atoms with Crippen LogP contribution < -0.4 is 17.0 Å². The van der Waals surface area contributed by atoms with Gasteiger partial charge in [0, 0.05) is 25.7 Å². The number of ether oxygens (including phenoxy) is 1. The monoisotopic (exact) mass is 294 g/mol. The fourth-order valence-electron chi connectivity index (χ4n) is 3.26. The van der Waals surface area contributed by atoms with Gasteiger partial charge in [-0.05, 0) is 12.8 Å². The Balaban J connectivity index is 1.93. The van der Waals surface area contributed by atoms with Crippen molar-refractivity contribution >= 4 is 5.82 Å². The van der Waals surface area contributed by atoms with E-state index in [1.54, 1.807) is 4.57 Å². The third-order valence-corrected chi connectivity index (χ3v) is 4.46. The third kappa shape index (κ3) is 2.89. The van der Waals surface area contributed by atoms with E-state index in [9.17, 15) is 9.59 Å². The van der Waals surface area contributed by atoms with Gasteiger partial charge in [0.05, 0.1) is 18.8 Å². The molecule has 0 unspecified atom stereocenters. The van der Waals surface area contributed by atoms with Gasteiger partial charge in [-0.25, -0.2) is 4.79 Å². The first-order valence-electron chi connectivity index (χ1n) is 7.60. The van der Waals surface area contributed by atoms with E-state index >= 15 is 0 Å². The molecule has 0 spiro atoms. The Labute approximate surface area is 122 Å². The van der Waals surface area contributed by atoms with Gasteiger partial charge < -0.3 is 10.5 Å². The zero-order chi connectivity index (χ0) is 14.8. The van der Waals surface area contributed by atoms with Crippen LogP contribution in [-0.2, 0) is 11.3 Å². The second-order valence-electron chi connectivity index (χ2n) is 5.82. The van der Waals surface area contributed by atoms with E-state index in [-0.39, 0.29) is 17.3 Å². The van der Waals surface area contributed by atoms with Crippen molar-refractivity contribution in [3.8, 4) is 0 Å². The Hall–Kier alpha value is -1.60. The molecule has 1 aromatic heterocycles. The van der Waals surface area contributed by atoms with Gasteiger partial charge in [0.2, 0.25) is 0 Å². The fraction of sp³-hybridized carbons (Fsp3) is 0.714. The summed E-state index contributed by atoms with van der Waals surface area (Å²) in [5.74, 6) is 0.335. The van der Waals surface area contributed by atoms with Crippen LogP contribution in [0.15, 0.2) is 9.59 Å². The van der Waals surface area contributed by atoms with Gasteiger partial charge in [-0.2, -0.15) is 0 Å². The van der Waals surface area contributed by atoms with Crippen LogP contribution in [0.2, 0.25) is 0 Å². The molecule has 2 aliphatic rings. The number of hydrogen-bond acceptors (Lipinski definition) is 5. The summed E-state index contributed by atoms with van der Waals surface area (Å²) >= 11 is 0. The quantitative estimate of drug-likeness (QED) is 0.822. The molecule has 3 N–H and O–H groups in total. The van der Waals surface area contributed by atoms with Crippen LogP contribution in [-0.4, -0.2) is 40.8 Å². The third-order valence-electron chi connectivity index (χ3n) is 4.46. The fourth-order valence-corrected chi connectivity index (χ4v) is 3.26. The first-order valence-corrected chi connectivity index (χ1v) is 7.60. The van der Waals surface area contributed by atoms with E-state index in [2.05, 4.69) is 9.88 Å². The average Bonchev–Trinajstić information content (AvgIpc) is 2.98. The first-order chi connectivity index (χ1) is 10.2. The molecule has 2 heterocycles. The standard InChI is InChI=1S/C14H22N4O3/c15-12-11(9-17-5-7-21-8-6-17)13(19)16-14(20)18(12)10-3-1-2-4-10/h10H,1-9,15H2,(H,16,19,20). The molecule has 1 aromatic rings. The SMILES string of the molecule is Nc1c(CN2CCOCC2)c(=O)[nH]c(=O)n1C1CCCC1. The molecule has 21 heavy (non-hydrogen) atoms. The molecule has 0 atom stereocenters. The van der Waals surface area contributed by atoms with Gasteiger partial charge in [-0.1, -0.05) is 12.8 Å². The maximum atomic E-state index is 12.1. The molecule has 0 radical (unpaired) electrons. The smallest absolute Gasteiger partial charge is 0.330 e. The molecule has 2 fully saturated rings. The second-order valence-corrected chi connectivity index (χ2v) is 5.82. The molecule has 1 aliphatic carbocycles. The van der Waals surface area contributed by atoms with Crippen LogP contribution in [0.25, 0.3) is 0 Å². The molecule has 3 rings (SSSR count). The zero-order valence-corrected chi connectivity index (χ0v) is 12.1. The summed E-state index contributed by atoms with van der Waals surface area (Å²) in [6.45, 7) is 3.36. The minimum Gasteiger partial charge on any atom is -0.385 e. The van der Waals surface area contributed by atoms with Crippen molar-refractivity contribution < 1.29 is 4.74 Å². The highest BCUT2D eigenvalue weighted by molar-refractivity contribution is 5.39. The van der Waals surface area contributed by atoms with Crippen molar-refractivity contribution in [2.75, 3.05) is 32.0 Å². The summed E-state index contributed by atoms with van der Waals surface area (Å²) in [5, 5.41) is 0. The number of morpholine rings is 1. The predicted molar refractivity (Wildman–Crippen MR) is 79.3 cm³/mol. The van der Waals surface area contributed by atoms with Crippen molar-refractivity contribution in [2.45, 2.75) is 38.3 Å². The number of nitrogen functional groups attached to an aromatic ring is 1. The van der Waals surface area contributed by atoms with Gasteiger partial charge in [-0.3, -0.25) is 19.2 Å². The molecule has 116 valence electrons. The zero-order valence-electron chi connectivity index (χ0n) is 12.1. The van der Waals surface area contributed by atoms with Crippen LogP contribution in [0.3, 0.4) is 0 Å². The summed E-state index contributed by atoms with van der Waals surface area (Å²) in [6, 6.07) is 0.123. The van der Waals surface area contributed by atoms with E-state index in [1.165, 1.54) is 0 Å². The second kappa shape index (κ2) is 6.03. The summed E-state index contributed by atoms with van der Waals surface area (Å²) in [7, 11) is 0. The van der Waals surface area contributed by atoms with Gasteiger partial charge in [0.1, 0.15) is 5.82 Å². The van der Waals surface area contributed by atoms with Crippen LogP contribution in [0.4, 0.5) is 5.82 Å². The summed E-state index contributed by atoms with van der Waals surface area (Å²) in [4.78, 5) is 28.7. The number of anilines is 1. The Morgan fingerprint density at radius 1 is 1.19 bits per heavy atom. The Kier molecular flexibility index (Phi) is 4.12. The molecule has 1 saturated carbocycles. The maximum Gasteiger partial charge on any atom is 0.330 e. The number of rotatable bonds is 3. The number of nitrogens with zero attached hydrogens (tertiary/aromatic N) is 2. The Bertz CT molecular complexity index is 610. The molecule has 0 aromatic carbocycles. The first kappa shape index (κ1) is 14.3. The van der Waals surface area contributed by atoms with Gasteiger partial charge in [-0.15, -0.1) is 0 Å². The summed E-state index contributed by atoms with van der Waals surface area (Å²) in [5.41, 5.74) is 5.93.